The summed E-state index contributed by atoms with van der Waals surface area (Å²) in [6.07, 6.45) is 2.38. The highest BCUT2D eigenvalue weighted by atomic mass is 32.1. The van der Waals surface area contributed by atoms with Crippen LogP contribution in [0.4, 0.5) is 4.39 Å². The van der Waals surface area contributed by atoms with E-state index in [9.17, 15) is 4.39 Å². The van der Waals surface area contributed by atoms with Gasteiger partial charge in [-0.05, 0) is 56.7 Å². The third-order valence-corrected chi connectivity index (χ3v) is 5.54. The van der Waals surface area contributed by atoms with E-state index in [1.54, 1.807) is 17.4 Å². The van der Waals surface area contributed by atoms with E-state index in [2.05, 4.69) is 0 Å². The highest BCUT2D eigenvalue weighted by Gasteiger charge is 2.53. The molecule has 0 unspecified atom stereocenters. The maximum absolute atomic E-state index is 14.5. The van der Waals surface area contributed by atoms with Crippen molar-refractivity contribution in [1.82, 2.24) is 0 Å². The lowest BCUT2D eigenvalue weighted by Gasteiger charge is -2.32. The summed E-state index contributed by atoms with van der Waals surface area (Å²) in [4.78, 5) is 1.19. The molecule has 1 fully saturated rings. The van der Waals surface area contributed by atoms with E-state index < -0.39 is 18.3 Å². The standard InChI is InChI=1S/C15H20BFO3S/c1-14(2)15(3,4)20-16(19-14)13(17)7-10-9-21-12-8-18-6-5-11(10)12/h7,9H,5-6,8H2,1-4H3. The van der Waals surface area contributed by atoms with Gasteiger partial charge in [-0.3, -0.25) is 0 Å². The third-order valence-electron chi connectivity index (χ3n) is 4.51. The first-order chi connectivity index (χ1) is 9.80. The Balaban J connectivity index is 1.83. The summed E-state index contributed by atoms with van der Waals surface area (Å²) in [6.45, 7) is 9.01. The van der Waals surface area contributed by atoms with Crippen LogP contribution in [0, 0.1) is 0 Å². The Morgan fingerprint density at radius 2 is 1.95 bits per heavy atom. The van der Waals surface area contributed by atoms with E-state index in [-0.39, 0.29) is 5.73 Å². The molecular formula is C15H20BFO3S. The lowest BCUT2D eigenvalue weighted by Crippen LogP contribution is -2.41. The molecule has 2 aliphatic heterocycles. The minimum Gasteiger partial charge on any atom is -0.398 e. The van der Waals surface area contributed by atoms with Crippen LogP contribution in [0.2, 0.25) is 0 Å². The predicted octanol–water partition coefficient (Wildman–Crippen LogP) is 3.76. The Morgan fingerprint density at radius 1 is 1.29 bits per heavy atom. The molecule has 1 aromatic heterocycles. The van der Waals surface area contributed by atoms with Crippen LogP contribution in [0.3, 0.4) is 0 Å². The maximum Gasteiger partial charge on any atom is 0.525 e. The lowest BCUT2D eigenvalue weighted by atomic mass is 9.86. The smallest absolute Gasteiger partial charge is 0.398 e. The van der Waals surface area contributed by atoms with Gasteiger partial charge in [-0.2, -0.15) is 0 Å². The average Bonchev–Trinajstić information content (AvgIpc) is 2.89. The fourth-order valence-corrected chi connectivity index (χ4v) is 3.47. The van der Waals surface area contributed by atoms with Gasteiger partial charge in [0.05, 0.1) is 24.4 Å². The minimum absolute atomic E-state index is 0.374. The van der Waals surface area contributed by atoms with Crippen molar-refractivity contribution in [3.05, 3.63) is 27.1 Å². The molecule has 21 heavy (non-hydrogen) atoms. The molecule has 0 spiro atoms. The second kappa shape index (κ2) is 5.20. The highest BCUT2D eigenvalue weighted by molar-refractivity contribution is 7.10. The molecule has 0 atom stereocenters. The zero-order valence-electron chi connectivity index (χ0n) is 12.9. The van der Waals surface area contributed by atoms with E-state index in [0.29, 0.717) is 13.2 Å². The number of halogens is 1. The molecular weight excluding hydrogens is 290 g/mol. The van der Waals surface area contributed by atoms with Crippen LogP contribution < -0.4 is 0 Å². The van der Waals surface area contributed by atoms with Gasteiger partial charge in [0.2, 0.25) is 0 Å². The maximum atomic E-state index is 14.5. The van der Waals surface area contributed by atoms with Gasteiger partial charge in [-0.15, -0.1) is 11.3 Å². The monoisotopic (exact) mass is 310 g/mol. The molecule has 0 saturated carbocycles. The number of hydrogen-bond donors (Lipinski definition) is 0. The molecule has 0 aliphatic carbocycles. The molecule has 3 heterocycles. The fraction of sp³-hybridized carbons (Fsp3) is 0.600. The molecule has 1 aromatic rings. The number of fused-ring (bicyclic) bond motifs is 1. The van der Waals surface area contributed by atoms with Gasteiger partial charge in [0.25, 0.3) is 0 Å². The van der Waals surface area contributed by atoms with Crippen LogP contribution in [0.1, 0.15) is 43.7 Å². The zero-order chi connectivity index (χ0) is 15.3. The molecule has 0 amide bonds. The van der Waals surface area contributed by atoms with Crippen molar-refractivity contribution in [3.8, 4) is 0 Å². The van der Waals surface area contributed by atoms with Crippen LogP contribution >= 0.6 is 11.3 Å². The lowest BCUT2D eigenvalue weighted by molar-refractivity contribution is 0.00578. The van der Waals surface area contributed by atoms with E-state index in [1.807, 2.05) is 33.1 Å². The van der Waals surface area contributed by atoms with E-state index in [0.717, 1.165) is 12.0 Å². The molecule has 3 rings (SSSR count). The summed E-state index contributed by atoms with van der Waals surface area (Å²) < 4.78 is 31.4. The second-order valence-corrected chi connectivity index (χ2v) is 7.48. The number of rotatable bonds is 2. The first-order valence-corrected chi connectivity index (χ1v) is 8.08. The molecule has 3 nitrogen and oxygen atoms in total. The van der Waals surface area contributed by atoms with Crippen LogP contribution in [0.5, 0.6) is 0 Å². The van der Waals surface area contributed by atoms with Gasteiger partial charge in [0.15, 0.2) is 0 Å². The molecule has 1 saturated heterocycles. The van der Waals surface area contributed by atoms with Crippen molar-refractivity contribution >= 4 is 24.5 Å². The SMILES string of the molecule is CC1(C)OB(C(F)=Cc2csc3c2CCOC3)OC1(C)C. The number of hydrogen-bond acceptors (Lipinski definition) is 4. The summed E-state index contributed by atoms with van der Waals surface area (Å²) in [5.74, 6) is 0. The van der Waals surface area contributed by atoms with Gasteiger partial charge in [-0.25, -0.2) is 4.39 Å². The van der Waals surface area contributed by atoms with Gasteiger partial charge >= 0.3 is 7.12 Å². The second-order valence-electron chi connectivity index (χ2n) is 6.51. The quantitative estimate of drug-likeness (QED) is 0.778. The number of thiophene rings is 1. The van der Waals surface area contributed by atoms with Crippen molar-refractivity contribution in [1.29, 1.82) is 0 Å². The summed E-state index contributed by atoms with van der Waals surface area (Å²) in [7, 11) is -0.926. The van der Waals surface area contributed by atoms with Crippen molar-refractivity contribution < 1.29 is 18.4 Å². The Labute approximate surface area is 129 Å². The minimum atomic E-state index is -0.926. The van der Waals surface area contributed by atoms with Gasteiger partial charge in [0, 0.05) is 4.88 Å². The van der Waals surface area contributed by atoms with E-state index >= 15 is 0 Å². The normalized spacial score (nSPS) is 24.2. The van der Waals surface area contributed by atoms with Crippen molar-refractivity contribution in [2.45, 2.75) is 51.9 Å². The van der Waals surface area contributed by atoms with Crippen LogP contribution in [0.25, 0.3) is 6.08 Å². The summed E-state index contributed by atoms with van der Waals surface area (Å²) in [6, 6.07) is 0. The number of ether oxygens (including phenoxy) is 1. The summed E-state index contributed by atoms with van der Waals surface area (Å²) in [5.41, 5.74) is 0.694. The predicted molar refractivity (Wildman–Crippen MR) is 82.8 cm³/mol. The Bertz CT molecular complexity index is 563. The zero-order valence-corrected chi connectivity index (χ0v) is 13.7. The van der Waals surface area contributed by atoms with Crippen molar-refractivity contribution in [2.24, 2.45) is 0 Å². The topological polar surface area (TPSA) is 27.7 Å². The molecule has 0 bridgehead atoms. The fourth-order valence-electron chi connectivity index (χ4n) is 2.48. The van der Waals surface area contributed by atoms with Crippen LogP contribution in [-0.2, 0) is 27.1 Å². The van der Waals surface area contributed by atoms with Gasteiger partial charge in [-0.1, -0.05) is 0 Å². The highest BCUT2D eigenvalue weighted by Crippen LogP contribution is 2.39. The van der Waals surface area contributed by atoms with Gasteiger partial charge in [0.1, 0.15) is 5.73 Å². The van der Waals surface area contributed by atoms with Crippen LogP contribution in [0.15, 0.2) is 11.1 Å². The average molecular weight is 310 g/mol. The van der Waals surface area contributed by atoms with E-state index in [4.69, 9.17) is 14.0 Å². The molecule has 114 valence electrons. The van der Waals surface area contributed by atoms with Crippen LogP contribution in [-0.4, -0.2) is 24.9 Å². The molecule has 0 radical (unpaired) electrons. The summed E-state index contributed by atoms with van der Waals surface area (Å²) in [5, 5.41) is 1.98. The first kappa shape index (κ1) is 15.2. The molecule has 0 N–H and O–H groups in total. The molecule has 2 aliphatic rings. The first-order valence-electron chi connectivity index (χ1n) is 7.20. The molecule has 6 heteroatoms. The molecule has 0 aromatic carbocycles. The summed E-state index contributed by atoms with van der Waals surface area (Å²) >= 11 is 1.62. The third kappa shape index (κ3) is 2.70. The largest absolute Gasteiger partial charge is 0.525 e. The van der Waals surface area contributed by atoms with E-state index in [1.165, 1.54) is 10.4 Å². The van der Waals surface area contributed by atoms with Crippen molar-refractivity contribution in [3.63, 3.8) is 0 Å². The Kier molecular flexibility index (Phi) is 3.77. The van der Waals surface area contributed by atoms with Crippen molar-refractivity contribution in [2.75, 3.05) is 6.61 Å². The Hall–Kier alpha value is -0.685. The Morgan fingerprint density at radius 3 is 2.62 bits per heavy atom. The van der Waals surface area contributed by atoms with Gasteiger partial charge < -0.3 is 14.0 Å².